The van der Waals surface area contributed by atoms with Crippen LogP contribution in [0.3, 0.4) is 0 Å². The van der Waals surface area contributed by atoms with Gasteiger partial charge in [0.15, 0.2) is 0 Å². The van der Waals surface area contributed by atoms with Crippen LogP contribution in [0.1, 0.15) is 24.8 Å². The molecule has 0 bridgehead atoms. The fourth-order valence-electron chi connectivity index (χ4n) is 1.82. The average molecular weight is 284 g/mol. The van der Waals surface area contributed by atoms with Gasteiger partial charge in [-0.25, -0.2) is 0 Å². The van der Waals surface area contributed by atoms with Crippen LogP contribution < -0.4 is 0 Å². The second-order valence-electron chi connectivity index (χ2n) is 4.32. The summed E-state index contributed by atoms with van der Waals surface area (Å²) in [6, 6.07) is 6.93. The quantitative estimate of drug-likeness (QED) is 0.470. The maximum absolute atomic E-state index is 10.6. The first kappa shape index (κ1) is 11.6. The zero-order valence-electron chi connectivity index (χ0n) is 8.93. The number of nitro benzene ring substituents is 1. The Hall–Kier alpha value is -0.900. The van der Waals surface area contributed by atoms with E-state index in [1.807, 2.05) is 6.07 Å². The summed E-state index contributed by atoms with van der Waals surface area (Å²) in [6.07, 6.45) is 4.62. The van der Waals surface area contributed by atoms with Gasteiger partial charge in [-0.05, 0) is 37.2 Å². The molecule has 0 saturated heterocycles. The molecule has 0 radical (unpaired) electrons. The van der Waals surface area contributed by atoms with Gasteiger partial charge in [0.1, 0.15) is 0 Å². The molecule has 0 heterocycles. The van der Waals surface area contributed by atoms with Crippen LogP contribution in [0.15, 0.2) is 24.3 Å². The molecule has 1 saturated carbocycles. The van der Waals surface area contributed by atoms with Gasteiger partial charge in [0, 0.05) is 17.0 Å². The SMILES string of the molecule is O=[N+]([O-])c1cccc(CCC(Br)C2CC2)c1. The average Bonchev–Trinajstić information content (AvgIpc) is 3.10. The van der Waals surface area contributed by atoms with Crippen LogP contribution in [0.5, 0.6) is 0 Å². The van der Waals surface area contributed by atoms with Crippen LogP contribution in [-0.4, -0.2) is 9.75 Å². The van der Waals surface area contributed by atoms with Crippen LogP contribution in [0.2, 0.25) is 0 Å². The molecule has 1 unspecified atom stereocenters. The van der Waals surface area contributed by atoms with Crippen molar-refractivity contribution >= 4 is 21.6 Å². The normalized spacial score (nSPS) is 17.1. The molecular weight excluding hydrogens is 270 g/mol. The molecule has 16 heavy (non-hydrogen) atoms. The summed E-state index contributed by atoms with van der Waals surface area (Å²) in [7, 11) is 0. The van der Waals surface area contributed by atoms with Gasteiger partial charge >= 0.3 is 0 Å². The molecule has 0 N–H and O–H groups in total. The van der Waals surface area contributed by atoms with Crippen LogP contribution in [0.25, 0.3) is 0 Å². The van der Waals surface area contributed by atoms with Gasteiger partial charge in [-0.2, -0.15) is 0 Å². The highest BCUT2D eigenvalue weighted by molar-refractivity contribution is 9.09. The lowest BCUT2D eigenvalue weighted by Gasteiger charge is -2.07. The van der Waals surface area contributed by atoms with Crippen LogP contribution in [0, 0.1) is 16.0 Å². The predicted molar refractivity (Wildman–Crippen MR) is 66.9 cm³/mol. The van der Waals surface area contributed by atoms with Gasteiger partial charge < -0.3 is 0 Å². The van der Waals surface area contributed by atoms with E-state index in [0.717, 1.165) is 24.3 Å². The van der Waals surface area contributed by atoms with Crippen LogP contribution in [-0.2, 0) is 6.42 Å². The molecule has 2 rings (SSSR count). The minimum Gasteiger partial charge on any atom is -0.258 e. The molecular formula is C12H14BrNO2. The van der Waals surface area contributed by atoms with Crippen molar-refractivity contribution in [3.8, 4) is 0 Å². The number of rotatable bonds is 5. The van der Waals surface area contributed by atoms with E-state index in [4.69, 9.17) is 0 Å². The number of alkyl halides is 1. The molecule has 0 aromatic heterocycles. The maximum Gasteiger partial charge on any atom is 0.269 e. The van der Waals surface area contributed by atoms with Crippen molar-refractivity contribution in [1.29, 1.82) is 0 Å². The smallest absolute Gasteiger partial charge is 0.258 e. The Morgan fingerprint density at radius 1 is 1.50 bits per heavy atom. The Labute approximate surface area is 103 Å². The van der Waals surface area contributed by atoms with Gasteiger partial charge in [-0.15, -0.1) is 0 Å². The summed E-state index contributed by atoms with van der Waals surface area (Å²) in [5, 5.41) is 10.6. The Bertz CT molecular complexity index is 390. The van der Waals surface area contributed by atoms with Crippen molar-refractivity contribution in [3.63, 3.8) is 0 Å². The van der Waals surface area contributed by atoms with Gasteiger partial charge in [0.25, 0.3) is 5.69 Å². The third kappa shape index (κ3) is 3.04. The first-order valence-electron chi connectivity index (χ1n) is 5.54. The first-order valence-corrected chi connectivity index (χ1v) is 6.46. The number of nitro groups is 1. The van der Waals surface area contributed by atoms with Crippen LogP contribution in [0.4, 0.5) is 5.69 Å². The maximum atomic E-state index is 10.6. The Morgan fingerprint density at radius 3 is 2.88 bits per heavy atom. The molecule has 1 atom stereocenters. The molecule has 4 heteroatoms. The molecule has 1 aromatic rings. The number of hydrogen-bond donors (Lipinski definition) is 0. The van der Waals surface area contributed by atoms with Crippen molar-refractivity contribution in [1.82, 2.24) is 0 Å². The summed E-state index contributed by atoms with van der Waals surface area (Å²) in [5.74, 6) is 0.832. The number of halogens is 1. The Kier molecular flexibility index (Phi) is 3.59. The fourth-order valence-corrected chi connectivity index (χ4v) is 2.58. The topological polar surface area (TPSA) is 43.1 Å². The molecule has 1 aromatic carbocycles. The molecule has 1 fully saturated rings. The molecule has 0 amide bonds. The molecule has 1 aliphatic rings. The molecule has 0 spiro atoms. The summed E-state index contributed by atoms with van der Waals surface area (Å²) in [4.78, 5) is 10.8. The highest BCUT2D eigenvalue weighted by Crippen LogP contribution is 2.38. The fraction of sp³-hybridized carbons (Fsp3) is 0.500. The minimum absolute atomic E-state index is 0.190. The van der Waals surface area contributed by atoms with E-state index < -0.39 is 0 Å². The molecule has 1 aliphatic carbocycles. The minimum atomic E-state index is -0.337. The van der Waals surface area contributed by atoms with Crippen molar-refractivity contribution < 1.29 is 4.92 Å². The van der Waals surface area contributed by atoms with E-state index in [-0.39, 0.29) is 10.6 Å². The van der Waals surface area contributed by atoms with Crippen molar-refractivity contribution in [3.05, 3.63) is 39.9 Å². The number of nitrogens with zero attached hydrogens (tertiary/aromatic N) is 1. The first-order chi connectivity index (χ1) is 7.66. The lowest BCUT2D eigenvalue weighted by Crippen LogP contribution is -2.02. The zero-order chi connectivity index (χ0) is 11.5. The van der Waals surface area contributed by atoms with Crippen molar-refractivity contribution in [2.24, 2.45) is 5.92 Å². The van der Waals surface area contributed by atoms with E-state index in [2.05, 4.69) is 15.9 Å². The van der Waals surface area contributed by atoms with E-state index in [1.54, 1.807) is 12.1 Å². The zero-order valence-corrected chi connectivity index (χ0v) is 10.5. The third-order valence-corrected chi connectivity index (χ3v) is 4.17. The largest absolute Gasteiger partial charge is 0.269 e. The lowest BCUT2D eigenvalue weighted by molar-refractivity contribution is -0.384. The van der Waals surface area contributed by atoms with E-state index >= 15 is 0 Å². The van der Waals surface area contributed by atoms with E-state index in [1.165, 1.54) is 18.9 Å². The Balaban J connectivity index is 1.92. The van der Waals surface area contributed by atoms with Gasteiger partial charge in [-0.1, -0.05) is 28.1 Å². The second kappa shape index (κ2) is 4.95. The standard InChI is InChI=1S/C12H14BrNO2/c13-12(10-5-6-10)7-4-9-2-1-3-11(8-9)14(15)16/h1-3,8,10,12H,4-7H2. The lowest BCUT2D eigenvalue weighted by atomic mass is 10.1. The van der Waals surface area contributed by atoms with Gasteiger partial charge in [0.2, 0.25) is 0 Å². The summed E-state index contributed by atoms with van der Waals surface area (Å²) < 4.78 is 0. The molecule has 0 aliphatic heterocycles. The predicted octanol–water partition coefficient (Wildman–Crippen LogP) is 3.70. The third-order valence-electron chi connectivity index (χ3n) is 2.96. The van der Waals surface area contributed by atoms with Gasteiger partial charge in [-0.3, -0.25) is 10.1 Å². The summed E-state index contributed by atoms with van der Waals surface area (Å²) in [6.45, 7) is 0. The van der Waals surface area contributed by atoms with Crippen molar-refractivity contribution in [2.75, 3.05) is 0 Å². The Morgan fingerprint density at radius 2 is 2.25 bits per heavy atom. The number of benzene rings is 1. The monoisotopic (exact) mass is 283 g/mol. The summed E-state index contributed by atoms with van der Waals surface area (Å²) in [5.41, 5.74) is 1.24. The summed E-state index contributed by atoms with van der Waals surface area (Å²) >= 11 is 3.68. The molecule has 3 nitrogen and oxygen atoms in total. The highest BCUT2D eigenvalue weighted by atomic mass is 79.9. The van der Waals surface area contributed by atoms with E-state index in [9.17, 15) is 10.1 Å². The van der Waals surface area contributed by atoms with Gasteiger partial charge in [0.05, 0.1) is 4.92 Å². The highest BCUT2D eigenvalue weighted by Gasteiger charge is 2.28. The second-order valence-corrected chi connectivity index (χ2v) is 5.50. The number of aryl methyl sites for hydroxylation is 1. The molecule has 86 valence electrons. The number of non-ortho nitro benzene ring substituents is 1. The van der Waals surface area contributed by atoms with Crippen molar-refractivity contribution in [2.45, 2.75) is 30.5 Å². The number of hydrogen-bond acceptors (Lipinski definition) is 2. The van der Waals surface area contributed by atoms with Crippen LogP contribution >= 0.6 is 15.9 Å². The van der Waals surface area contributed by atoms with E-state index in [0.29, 0.717) is 4.83 Å².